The zero-order valence-corrected chi connectivity index (χ0v) is 23.8. The van der Waals surface area contributed by atoms with Crippen molar-refractivity contribution in [3.05, 3.63) is 76.2 Å². The van der Waals surface area contributed by atoms with Gasteiger partial charge in [-0.15, -0.1) is 11.8 Å². The van der Waals surface area contributed by atoms with Crippen LogP contribution in [0.2, 0.25) is 5.02 Å². The molecule has 2 aliphatic rings. The first-order chi connectivity index (χ1) is 18.6. The minimum absolute atomic E-state index is 0.0187. The number of nitrogens with zero attached hydrogens (tertiary/aromatic N) is 3. The Morgan fingerprint density at radius 2 is 2.03 bits per heavy atom. The Balaban J connectivity index is 1.66. The molecule has 39 heavy (non-hydrogen) atoms. The molecule has 1 saturated heterocycles. The molecule has 10 heteroatoms. The Morgan fingerprint density at radius 1 is 1.23 bits per heavy atom. The highest BCUT2D eigenvalue weighted by molar-refractivity contribution is 8.00. The largest absolute Gasteiger partial charge is 0.376 e. The molecule has 0 radical (unpaired) electrons. The molecular formula is C29H32ClFN4O3S. The van der Waals surface area contributed by atoms with Crippen LogP contribution in [0.5, 0.6) is 0 Å². The van der Waals surface area contributed by atoms with E-state index in [0.717, 1.165) is 29.7 Å². The number of carbonyl (C=O) groups excluding carboxylic acids is 2. The molecule has 0 bridgehead atoms. The number of benzene rings is 2. The van der Waals surface area contributed by atoms with E-state index < -0.39 is 11.2 Å². The summed E-state index contributed by atoms with van der Waals surface area (Å²) in [6.45, 7) is 7.03. The molecule has 5 rings (SSSR count). The fourth-order valence-corrected chi connectivity index (χ4v) is 6.57. The Labute approximate surface area is 237 Å². The van der Waals surface area contributed by atoms with Gasteiger partial charge in [-0.25, -0.2) is 9.07 Å². The summed E-state index contributed by atoms with van der Waals surface area (Å²) in [6.07, 6.45) is 1.84. The number of amides is 2. The summed E-state index contributed by atoms with van der Waals surface area (Å²) in [6, 6.07) is 13.6. The van der Waals surface area contributed by atoms with Crippen molar-refractivity contribution in [2.45, 2.75) is 50.4 Å². The second-order valence-corrected chi connectivity index (χ2v) is 12.4. The average molecular weight is 571 g/mol. The third-order valence-corrected chi connectivity index (χ3v) is 8.47. The lowest BCUT2D eigenvalue weighted by Gasteiger charge is -2.25. The average Bonchev–Trinajstić information content (AvgIpc) is 3.53. The molecule has 2 amide bonds. The molecule has 2 aromatic carbocycles. The maximum absolute atomic E-state index is 14.4. The molecule has 1 fully saturated rings. The Bertz CT molecular complexity index is 1380. The van der Waals surface area contributed by atoms with Crippen molar-refractivity contribution in [3.8, 4) is 5.69 Å². The molecule has 0 saturated carbocycles. The van der Waals surface area contributed by atoms with Crippen LogP contribution in [0, 0.1) is 5.82 Å². The van der Waals surface area contributed by atoms with Crippen LogP contribution >= 0.6 is 23.4 Å². The van der Waals surface area contributed by atoms with Gasteiger partial charge in [0, 0.05) is 29.2 Å². The van der Waals surface area contributed by atoms with E-state index in [1.807, 2.05) is 45.0 Å². The summed E-state index contributed by atoms with van der Waals surface area (Å²) in [7, 11) is 0. The van der Waals surface area contributed by atoms with E-state index in [1.54, 1.807) is 16.8 Å². The molecule has 7 nitrogen and oxygen atoms in total. The summed E-state index contributed by atoms with van der Waals surface area (Å²) in [5.74, 6) is -0.364. The maximum Gasteiger partial charge on any atom is 0.240 e. The highest BCUT2D eigenvalue weighted by atomic mass is 35.5. The summed E-state index contributed by atoms with van der Waals surface area (Å²) >= 11 is 8.14. The van der Waals surface area contributed by atoms with Gasteiger partial charge in [-0.05, 0) is 42.7 Å². The number of nitrogens with one attached hydrogen (secondary N) is 1. The molecule has 0 spiro atoms. The van der Waals surface area contributed by atoms with Gasteiger partial charge in [0.05, 0.1) is 28.5 Å². The second-order valence-electron chi connectivity index (χ2n) is 10.9. The lowest BCUT2D eigenvalue weighted by molar-refractivity contribution is -0.123. The van der Waals surface area contributed by atoms with Crippen LogP contribution in [0.25, 0.3) is 5.69 Å². The van der Waals surface area contributed by atoms with Crippen molar-refractivity contribution in [2.24, 2.45) is 0 Å². The smallest absolute Gasteiger partial charge is 0.240 e. The summed E-state index contributed by atoms with van der Waals surface area (Å²) in [5.41, 5.74) is 2.43. The van der Waals surface area contributed by atoms with Crippen LogP contribution in [0.15, 0.2) is 48.5 Å². The molecule has 3 aromatic rings. The third kappa shape index (κ3) is 5.85. The van der Waals surface area contributed by atoms with Crippen LogP contribution in [-0.4, -0.2) is 53.1 Å². The molecule has 2 atom stereocenters. The van der Waals surface area contributed by atoms with E-state index >= 15 is 0 Å². The Kier molecular flexibility index (Phi) is 8.03. The van der Waals surface area contributed by atoms with Crippen LogP contribution in [0.3, 0.4) is 0 Å². The monoisotopic (exact) mass is 570 g/mol. The van der Waals surface area contributed by atoms with E-state index in [4.69, 9.17) is 21.4 Å². The third-order valence-electron chi connectivity index (χ3n) is 6.89. The number of anilines is 1. The highest BCUT2D eigenvalue weighted by Crippen LogP contribution is 2.49. The summed E-state index contributed by atoms with van der Waals surface area (Å²) < 4.78 is 21.6. The van der Waals surface area contributed by atoms with Gasteiger partial charge in [0.2, 0.25) is 11.8 Å². The van der Waals surface area contributed by atoms with E-state index in [9.17, 15) is 14.0 Å². The summed E-state index contributed by atoms with van der Waals surface area (Å²) in [4.78, 5) is 28.3. The number of halogens is 2. The van der Waals surface area contributed by atoms with Gasteiger partial charge in [-0.1, -0.05) is 56.6 Å². The van der Waals surface area contributed by atoms with Crippen molar-refractivity contribution in [1.82, 2.24) is 15.1 Å². The second kappa shape index (κ2) is 11.3. The predicted molar refractivity (Wildman–Crippen MR) is 152 cm³/mol. The molecule has 0 aliphatic carbocycles. The molecular weight excluding hydrogens is 539 g/mol. The molecule has 2 aliphatic heterocycles. The van der Waals surface area contributed by atoms with Crippen LogP contribution < -0.4 is 10.2 Å². The first-order valence-corrected chi connectivity index (χ1v) is 14.5. The van der Waals surface area contributed by atoms with Crippen molar-refractivity contribution in [3.63, 3.8) is 0 Å². The zero-order chi connectivity index (χ0) is 27.7. The predicted octanol–water partition coefficient (Wildman–Crippen LogP) is 5.43. The van der Waals surface area contributed by atoms with E-state index in [1.165, 1.54) is 28.8 Å². The fraction of sp³-hybridized carbons (Fsp3) is 0.414. The van der Waals surface area contributed by atoms with Gasteiger partial charge >= 0.3 is 0 Å². The van der Waals surface area contributed by atoms with Gasteiger partial charge in [0.1, 0.15) is 18.2 Å². The van der Waals surface area contributed by atoms with Gasteiger partial charge in [-0.3, -0.25) is 14.5 Å². The number of fused-ring (bicyclic) bond motifs is 1. The zero-order valence-electron chi connectivity index (χ0n) is 22.2. The molecule has 206 valence electrons. The SMILES string of the molecule is CC(C)(C)c1nn(-c2cccc(F)c2)c2c1C(c1ccccc1Cl)SCC(=O)N2CC(=O)NCC1CCCO1. The molecule has 2 unspecified atom stereocenters. The van der Waals surface area contributed by atoms with Crippen LogP contribution in [0.1, 0.15) is 55.7 Å². The number of rotatable bonds is 6. The minimum atomic E-state index is -0.427. The first-order valence-electron chi connectivity index (χ1n) is 13.1. The molecule has 1 aromatic heterocycles. The standard InChI is InChI=1S/C29H32ClFN4O3S/c1-29(2,3)27-25-26(21-11-4-5-12-22(21)30)39-17-24(37)34(16-23(36)32-15-20-10-7-13-38-20)28(25)35(33-27)19-9-6-8-18(31)14-19/h4-6,8-9,11-12,14,20,26H,7,10,13,15-17H2,1-3H3,(H,32,36). The number of carbonyl (C=O) groups is 2. The van der Waals surface area contributed by atoms with Crippen LogP contribution in [0.4, 0.5) is 10.2 Å². The number of aromatic nitrogens is 2. The highest BCUT2D eigenvalue weighted by Gasteiger charge is 2.40. The summed E-state index contributed by atoms with van der Waals surface area (Å²) in [5, 5.41) is 8.15. The lowest BCUT2D eigenvalue weighted by atomic mass is 9.87. The molecule has 3 heterocycles. The fourth-order valence-electron chi connectivity index (χ4n) is 5.03. The van der Waals surface area contributed by atoms with Crippen molar-refractivity contribution < 1.29 is 18.7 Å². The van der Waals surface area contributed by atoms with Crippen molar-refractivity contribution in [2.75, 3.05) is 30.3 Å². The van der Waals surface area contributed by atoms with Gasteiger partial charge < -0.3 is 10.1 Å². The minimum Gasteiger partial charge on any atom is -0.376 e. The topological polar surface area (TPSA) is 76.5 Å². The van der Waals surface area contributed by atoms with Gasteiger partial charge in [0.25, 0.3) is 0 Å². The number of ether oxygens (including phenoxy) is 1. The van der Waals surface area contributed by atoms with Crippen LogP contribution in [-0.2, 0) is 19.7 Å². The first kappa shape index (κ1) is 27.7. The van der Waals surface area contributed by atoms with Crippen molar-refractivity contribution >= 4 is 41.0 Å². The van der Waals surface area contributed by atoms with Gasteiger partial charge in [-0.2, -0.15) is 5.10 Å². The number of thioether (sulfide) groups is 1. The maximum atomic E-state index is 14.4. The van der Waals surface area contributed by atoms with E-state index in [-0.39, 0.29) is 35.5 Å². The van der Waals surface area contributed by atoms with E-state index in [2.05, 4.69) is 5.32 Å². The normalized spacial score (nSPS) is 19.6. The Morgan fingerprint density at radius 3 is 2.72 bits per heavy atom. The van der Waals surface area contributed by atoms with Crippen molar-refractivity contribution in [1.29, 1.82) is 0 Å². The number of hydrogen-bond donors (Lipinski definition) is 1. The molecule has 1 N–H and O–H groups in total. The quantitative estimate of drug-likeness (QED) is 0.428. The number of hydrogen-bond acceptors (Lipinski definition) is 5. The lowest BCUT2D eigenvalue weighted by Crippen LogP contribution is -2.44. The Hall–Kier alpha value is -2.88. The van der Waals surface area contributed by atoms with Gasteiger partial charge in [0.15, 0.2) is 0 Å². The van der Waals surface area contributed by atoms with E-state index in [0.29, 0.717) is 29.7 Å².